The molecule has 0 saturated carbocycles. The first kappa shape index (κ1) is 14.8. The van der Waals surface area contributed by atoms with Gasteiger partial charge in [0.2, 0.25) is 0 Å². The second-order valence-electron chi connectivity index (χ2n) is 6.19. The number of para-hydroxylation sites is 1. The predicted octanol–water partition coefficient (Wildman–Crippen LogP) is 4.70. The Morgan fingerprint density at radius 2 is 1.88 bits per heavy atom. The molecule has 3 aromatic rings. The lowest BCUT2D eigenvalue weighted by Gasteiger charge is -2.15. The van der Waals surface area contributed by atoms with Crippen molar-refractivity contribution in [3.63, 3.8) is 0 Å². The molecular weight excluding hydrogens is 298 g/mol. The van der Waals surface area contributed by atoms with E-state index in [4.69, 9.17) is 4.74 Å². The Kier molecular flexibility index (Phi) is 3.49. The number of aromatic nitrogens is 1. The van der Waals surface area contributed by atoms with Crippen molar-refractivity contribution in [2.45, 2.75) is 19.3 Å². The van der Waals surface area contributed by atoms with Gasteiger partial charge in [-0.05, 0) is 29.2 Å². The number of hydrogen-bond donors (Lipinski definition) is 1. The van der Waals surface area contributed by atoms with Gasteiger partial charge in [0.25, 0.3) is 0 Å². The lowest BCUT2D eigenvalue weighted by atomic mass is 9.90. The van der Waals surface area contributed by atoms with Crippen molar-refractivity contribution in [1.82, 2.24) is 4.98 Å². The van der Waals surface area contributed by atoms with Gasteiger partial charge in [-0.1, -0.05) is 55.5 Å². The van der Waals surface area contributed by atoms with Crippen LogP contribution in [-0.4, -0.2) is 18.1 Å². The molecule has 24 heavy (non-hydrogen) atoms. The number of esters is 1. The fourth-order valence-electron chi connectivity index (χ4n) is 3.68. The summed E-state index contributed by atoms with van der Waals surface area (Å²) in [5.41, 5.74) is 6.42. The molecule has 0 spiro atoms. The molecular formula is C21H19NO2. The average Bonchev–Trinajstić information content (AvgIpc) is 3.22. The predicted molar refractivity (Wildman–Crippen MR) is 96.2 cm³/mol. The van der Waals surface area contributed by atoms with E-state index in [-0.39, 0.29) is 11.9 Å². The molecule has 0 radical (unpaired) electrons. The molecule has 4 rings (SSSR count). The largest absolute Gasteiger partial charge is 0.465 e. The maximum Gasteiger partial charge on any atom is 0.340 e. The van der Waals surface area contributed by atoms with E-state index >= 15 is 0 Å². The zero-order chi connectivity index (χ0) is 16.7. The fourth-order valence-corrected chi connectivity index (χ4v) is 3.68. The topological polar surface area (TPSA) is 42.1 Å². The number of benzene rings is 2. The van der Waals surface area contributed by atoms with Crippen LogP contribution in [0.1, 0.15) is 40.0 Å². The van der Waals surface area contributed by atoms with Gasteiger partial charge in [-0.2, -0.15) is 0 Å². The van der Waals surface area contributed by atoms with Crippen molar-refractivity contribution in [3.8, 4) is 0 Å². The lowest BCUT2D eigenvalue weighted by molar-refractivity contribution is 0.0601. The number of hydrogen-bond acceptors (Lipinski definition) is 2. The van der Waals surface area contributed by atoms with E-state index in [9.17, 15) is 4.79 Å². The molecule has 2 aromatic carbocycles. The molecule has 1 aliphatic rings. The highest BCUT2D eigenvalue weighted by Gasteiger charge is 2.27. The van der Waals surface area contributed by atoms with Crippen LogP contribution in [0.5, 0.6) is 0 Å². The highest BCUT2D eigenvalue weighted by molar-refractivity contribution is 6.06. The molecule has 1 atom stereocenters. The Morgan fingerprint density at radius 3 is 2.71 bits per heavy atom. The Labute approximate surface area is 141 Å². The van der Waals surface area contributed by atoms with Crippen LogP contribution in [-0.2, 0) is 11.2 Å². The number of carbonyl (C=O) groups excluding carboxylic acids is 1. The Balaban J connectivity index is 1.86. The summed E-state index contributed by atoms with van der Waals surface area (Å²) in [7, 11) is 1.43. The molecule has 0 saturated heterocycles. The second-order valence-corrected chi connectivity index (χ2v) is 6.19. The highest BCUT2D eigenvalue weighted by atomic mass is 16.5. The van der Waals surface area contributed by atoms with Gasteiger partial charge in [0.1, 0.15) is 0 Å². The molecule has 1 N–H and O–H groups in total. The van der Waals surface area contributed by atoms with Gasteiger partial charge < -0.3 is 9.72 Å². The van der Waals surface area contributed by atoms with Crippen molar-refractivity contribution in [3.05, 3.63) is 77.0 Å². The molecule has 0 amide bonds. The number of ether oxygens (including phenoxy) is 1. The number of aromatic amines is 1. The van der Waals surface area contributed by atoms with Gasteiger partial charge in [0, 0.05) is 22.5 Å². The fraction of sp³-hybridized carbons (Fsp3) is 0.190. The van der Waals surface area contributed by atoms with E-state index < -0.39 is 0 Å². The first-order valence-electron chi connectivity index (χ1n) is 8.18. The standard InChI is InChI=1S/C21H19NO2/c1-13(15-12-11-14-7-3-4-8-16(14)15)20-19(21(23)24-2)17-9-5-6-10-18(17)22-20/h3-10,12-13,22H,11H2,1-2H3. The van der Waals surface area contributed by atoms with E-state index in [0.29, 0.717) is 5.56 Å². The second kappa shape index (κ2) is 5.68. The van der Waals surface area contributed by atoms with E-state index in [2.05, 4.69) is 42.2 Å². The van der Waals surface area contributed by atoms with E-state index in [1.165, 1.54) is 23.8 Å². The SMILES string of the molecule is COC(=O)c1c(C(C)C2=CCc3ccccc32)[nH]c2ccccc12. The normalized spacial score (nSPS) is 14.3. The first-order chi connectivity index (χ1) is 11.7. The summed E-state index contributed by atoms with van der Waals surface area (Å²) < 4.78 is 5.05. The van der Waals surface area contributed by atoms with Crippen LogP contribution < -0.4 is 0 Å². The van der Waals surface area contributed by atoms with Gasteiger partial charge in [0.05, 0.1) is 12.7 Å². The van der Waals surface area contributed by atoms with Crippen LogP contribution in [0.3, 0.4) is 0 Å². The minimum absolute atomic E-state index is 0.0927. The summed E-state index contributed by atoms with van der Waals surface area (Å²) in [6, 6.07) is 16.3. The summed E-state index contributed by atoms with van der Waals surface area (Å²) in [5, 5.41) is 0.915. The lowest BCUT2D eigenvalue weighted by Crippen LogP contribution is -2.07. The van der Waals surface area contributed by atoms with Crippen molar-refractivity contribution in [1.29, 1.82) is 0 Å². The Hall–Kier alpha value is -2.81. The van der Waals surface area contributed by atoms with Crippen LogP contribution in [0, 0.1) is 0 Å². The van der Waals surface area contributed by atoms with Gasteiger partial charge in [-0.3, -0.25) is 0 Å². The van der Waals surface area contributed by atoms with Crippen molar-refractivity contribution < 1.29 is 9.53 Å². The minimum Gasteiger partial charge on any atom is -0.465 e. The van der Waals surface area contributed by atoms with Crippen LogP contribution in [0.4, 0.5) is 0 Å². The Bertz CT molecular complexity index is 965. The zero-order valence-electron chi connectivity index (χ0n) is 13.8. The third kappa shape index (κ3) is 2.16. The number of fused-ring (bicyclic) bond motifs is 2. The molecule has 3 heteroatoms. The van der Waals surface area contributed by atoms with Crippen LogP contribution in [0.2, 0.25) is 0 Å². The van der Waals surface area contributed by atoms with Gasteiger partial charge in [-0.25, -0.2) is 4.79 Å². The summed E-state index contributed by atoms with van der Waals surface area (Å²) in [5.74, 6) is -0.198. The maximum absolute atomic E-state index is 12.4. The molecule has 0 fully saturated rings. The number of allylic oxidation sites excluding steroid dienone is 2. The number of rotatable bonds is 3. The number of nitrogens with one attached hydrogen (secondary N) is 1. The highest BCUT2D eigenvalue weighted by Crippen LogP contribution is 2.40. The summed E-state index contributed by atoms with van der Waals surface area (Å²) >= 11 is 0. The van der Waals surface area contributed by atoms with Crippen molar-refractivity contribution >= 4 is 22.4 Å². The average molecular weight is 317 g/mol. The molecule has 0 aliphatic heterocycles. The number of H-pyrrole nitrogens is 1. The molecule has 1 unspecified atom stereocenters. The summed E-state index contributed by atoms with van der Waals surface area (Å²) in [4.78, 5) is 15.9. The van der Waals surface area contributed by atoms with Gasteiger partial charge in [-0.15, -0.1) is 0 Å². The molecule has 1 aromatic heterocycles. The van der Waals surface area contributed by atoms with Crippen LogP contribution in [0.25, 0.3) is 16.5 Å². The quantitative estimate of drug-likeness (QED) is 0.712. The van der Waals surface area contributed by atoms with Crippen molar-refractivity contribution in [2.75, 3.05) is 7.11 Å². The Morgan fingerprint density at radius 1 is 1.12 bits per heavy atom. The third-order valence-corrected chi connectivity index (χ3v) is 4.89. The van der Waals surface area contributed by atoms with Crippen molar-refractivity contribution in [2.24, 2.45) is 0 Å². The van der Waals surface area contributed by atoms with Crippen LogP contribution >= 0.6 is 0 Å². The van der Waals surface area contributed by atoms with Crippen LogP contribution in [0.15, 0.2) is 54.6 Å². The van der Waals surface area contributed by atoms with Gasteiger partial charge >= 0.3 is 5.97 Å². The van der Waals surface area contributed by atoms with E-state index in [1.54, 1.807) is 0 Å². The smallest absolute Gasteiger partial charge is 0.340 e. The molecule has 1 aliphatic carbocycles. The first-order valence-corrected chi connectivity index (χ1v) is 8.18. The van der Waals surface area contributed by atoms with E-state index in [1.807, 2.05) is 24.3 Å². The molecule has 3 nitrogen and oxygen atoms in total. The minimum atomic E-state index is -0.291. The molecule has 1 heterocycles. The summed E-state index contributed by atoms with van der Waals surface area (Å²) in [6.07, 6.45) is 3.21. The van der Waals surface area contributed by atoms with E-state index in [0.717, 1.165) is 23.0 Å². The molecule has 120 valence electrons. The zero-order valence-corrected chi connectivity index (χ0v) is 13.8. The number of carbonyl (C=O) groups is 1. The number of methoxy groups -OCH3 is 1. The summed E-state index contributed by atoms with van der Waals surface area (Å²) in [6.45, 7) is 2.14. The maximum atomic E-state index is 12.4. The third-order valence-electron chi connectivity index (χ3n) is 4.89. The molecule has 0 bridgehead atoms. The van der Waals surface area contributed by atoms with Gasteiger partial charge in [0.15, 0.2) is 0 Å². The monoisotopic (exact) mass is 317 g/mol.